The van der Waals surface area contributed by atoms with Crippen molar-refractivity contribution in [3.05, 3.63) is 0 Å². The molecule has 0 unspecified atom stereocenters. The lowest BCUT2D eigenvalue weighted by Gasteiger charge is -2.07. The van der Waals surface area contributed by atoms with Crippen molar-refractivity contribution in [1.29, 1.82) is 0 Å². The molecule has 1 N–H and O–H groups in total. The van der Waals surface area contributed by atoms with Crippen LogP contribution in [-0.4, -0.2) is 12.5 Å². The Kier molecular flexibility index (Phi) is 17.1. The summed E-state index contributed by atoms with van der Waals surface area (Å²) in [7, 11) is 0. The van der Waals surface area contributed by atoms with Crippen LogP contribution in [0.25, 0.3) is 0 Å². The van der Waals surface area contributed by atoms with Crippen LogP contribution in [-0.2, 0) is 4.79 Å². The van der Waals surface area contributed by atoms with Crippen LogP contribution in [0.1, 0.15) is 81.0 Å². The second-order valence-corrected chi connectivity index (χ2v) is 4.57. The maximum atomic E-state index is 11.2. The molecule has 0 aliphatic rings. The number of hydrogen-bond donors (Lipinski definition) is 1. The highest BCUT2D eigenvalue weighted by atomic mass is 16.1. The molecule has 0 fully saturated rings. The van der Waals surface area contributed by atoms with E-state index in [0.717, 1.165) is 13.0 Å². The summed E-state index contributed by atoms with van der Waals surface area (Å²) >= 11 is 0. The van der Waals surface area contributed by atoms with Gasteiger partial charge in [0.1, 0.15) is 0 Å². The Morgan fingerprint density at radius 2 is 1.47 bits per heavy atom. The van der Waals surface area contributed by atoms with Crippen molar-refractivity contribution in [2.24, 2.45) is 5.92 Å². The van der Waals surface area contributed by atoms with E-state index in [1.165, 1.54) is 38.5 Å². The molecule has 0 aliphatic carbocycles. The second-order valence-electron chi connectivity index (χ2n) is 4.57. The third-order valence-corrected chi connectivity index (χ3v) is 2.60. The van der Waals surface area contributed by atoms with Crippen LogP contribution in [0.5, 0.6) is 0 Å². The van der Waals surface area contributed by atoms with Crippen molar-refractivity contribution in [1.82, 2.24) is 5.32 Å². The molecule has 2 heteroatoms. The Bertz CT molecular complexity index is 161. The van der Waals surface area contributed by atoms with Crippen LogP contribution in [0.2, 0.25) is 0 Å². The number of carbonyl (C=O) groups is 1. The standard InChI is InChI=1S/C13H27NO.C2H6.H2/c1-4-5-6-7-8-9-10-11-14-13(15)12(2)3;1-2;/h12H,4-11H2,1-3H3,(H,14,15);1-2H3;1H. The van der Waals surface area contributed by atoms with Gasteiger partial charge in [-0.25, -0.2) is 0 Å². The summed E-state index contributed by atoms with van der Waals surface area (Å²) in [6.07, 6.45) is 9.10. The van der Waals surface area contributed by atoms with E-state index in [-0.39, 0.29) is 13.3 Å². The van der Waals surface area contributed by atoms with E-state index in [1.807, 2.05) is 27.7 Å². The fraction of sp³-hybridized carbons (Fsp3) is 0.933. The molecular weight excluding hydrogens is 210 g/mol. The number of nitrogens with one attached hydrogen (secondary N) is 1. The van der Waals surface area contributed by atoms with Gasteiger partial charge in [0.15, 0.2) is 0 Å². The molecule has 0 aromatic carbocycles. The van der Waals surface area contributed by atoms with Gasteiger partial charge in [0.25, 0.3) is 0 Å². The molecule has 0 spiro atoms. The lowest BCUT2D eigenvalue weighted by atomic mass is 10.1. The minimum absolute atomic E-state index is 0. The maximum Gasteiger partial charge on any atom is 0.222 e. The van der Waals surface area contributed by atoms with Crippen LogP contribution in [0.15, 0.2) is 0 Å². The molecule has 106 valence electrons. The van der Waals surface area contributed by atoms with Crippen molar-refractivity contribution in [3.63, 3.8) is 0 Å². The first-order valence-corrected chi connectivity index (χ1v) is 7.46. The molecular formula is C15H35NO. The zero-order valence-electron chi connectivity index (χ0n) is 12.6. The lowest BCUT2D eigenvalue weighted by molar-refractivity contribution is -0.123. The summed E-state index contributed by atoms with van der Waals surface area (Å²) in [5.41, 5.74) is 0. The Morgan fingerprint density at radius 3 is 1.94 bits per heavy atom. The van der Waals surface area contributed by atoms with Gasteiger partial charge < -0.3 is 5.32 Å². The molecule has 0 atom stereocenters. The molecule has 0 aromatic rings. The van der Waals surface area contributed by atoms with Crippen LogP contribution in [0.4, 0.5) is 0 Å². The van der Waals surface area contributed by atoms with Crippen molar-refractivity contribution in [2.75, 3.05) is 6.54 Å². The Morgan fingerprint density at radius 1 is 1.00 bits per heavy atom. The fourth-order valence-electron chi connectivity index (χ4n) is 1.50. The van der Waals surface area contributed by atoms with Gasteiger partial charge in [0, 0.05) is 13.9 Å². The average molecular weight is 245 g/mol. The monoisotopic (exact) mass is 245 g/mol. The molecule has 1 amide bonds. The summed E-state index contributed by atoms with van der Waals surface area (Å²) in [5, 5.41) is 2.95. The highest BCUT2D eigenvalue weighted by Crippen LogP contribution is 2.06. The third kappa shape index (κ3) is 15.5. The van der Waals surface area contributed by atoms with Crippen LogP contribution >= 0.6 is 0 Å². The molecule has 0 radical (unpaired) electrons. The van der Waals surface area contributed by atoms with Crippen LogP contribution in [0, 0.1) is 5.92 Å². The lowest BCUT2D eigenvalue weighted by Crippen LogP contribution is -2.28. The SMILES string of the molecule is CC.CCCCCCCCCNC(=O)C(C)C.[HH]. The maximum absolute atomic E-state index is 11.2. The van der Waals surface area contributed by atoms with E-state index in [0.29, 0.717) is 0 Å². The molecule has 0 rings (SSSR count). The summed E-state index contributed by atoms with van der Waals surface area (Å²) < 4.78 is 0. The van der Waals surface area contributed by atoms with E-state index in [2.05, 4.69) is 12.2 Å². The first-order valence-electron chi connectivity index (χ1n) is 7.46. The number of amides is 1. The topological polar surface area (TPSA) is 29.1 Å². The third-order valence-electron chi connectivity index (χ3n) is 2.60. The van der Waals surface area contributed by atoms with Crippen molar-refractivity contribution in [3.8, 4) is 0 Å². The minimum Gasteiger partial charge on any atom is -0.356 e. The van der Waals surface area contributed by atoms with Gasteiger partial charge in [0.05, 0.1) is 0 Å². The van der Waals surface area contributed by atoms with Crippen molar-refractivity contribution < 1.29 is 6.22 Å². The highest BCUT2D eigenvalue weighted by molar-refractivity contribution is 5.77. The molecule has 0 aliphatic heterocycles. The van der Waals surface area contributed by atoms with E-state index < -0.39 is 0 Å². The molecule has 0 saturated carbocycles. The normalized spacial score (nSPS) is 9.76. The van der Waals surface area contributed by atoms with Gasteiger partial charge in [0.2, 0.25) is 5.91 Å². The zero-order valence-corrected chi connectivity index (χ0v) is 12.6. The van der Waals surface area contributed by atoms with Crippen molar-refractivity contribution >= 4 is 5.91 Å². The molecule has 0 bridgehead atoms. The first-order chi connectivity index (χ1) is 8.18. The van der Waals surface area contributed by atoms with Gasteiger partial charge >= 0.3 is 0 Å². The van der Waals surface area contributed by atoms with E-state index in [4.69, 9.17) is 0 Å². The summed E-state index contributed by atoms with van der Waals surface area (Å²) in [4.78, 5) is 11.2. The molecule has 0 heterocycles. The van der Waals surface area contributed by atoms with Gasteiger partial charge in [-0.1, -0.05) is 73.1 Å². The minimum atomic E-state index is 0. The Hall–Kier alpha value is -0.530. The number of carbonyl (C=O) groups excluding carboxylic acids is 1. The zero-order chi connectivity index (χ0) is 13.5. The molecule has 2 nitrogen and oxygen atoms in total. The Balaban J connectivity index is -0.000000709. The predicted molar refractivity (Wildman–Crippen MR) is 79.3 cm³/mol. The summed E-state index contributed by atoms with van der Waals surface area (Å²) in [6.45, 7) is 11.0. The summed E-state index contributed by atoms with van der Waals surface area (Å²) in [5.74, 6) is 0.301. The van der Waals surface area contributed by atoms with E-state index in [9.17, 15) is 4.79 Å². The number of unbranched alkanes of at least 4 members (excludes halogenated alkanes) is 6. The van der Waals surface area contributed by atoms with Gasteiger partial charge in [-0.05, 0) is 6.42 Å². The smallest absolute Gasteiger partial charge is 0.222 e. The number of rotatable bonds is 9. The average Bonchev–Trinajstić information content (AvgIpc) is 2.34. The largest absolute Gasteiger partial charge is 0.356 e. The number of hydrogen-bond acceptors (Lipinski definition) is 1. The molecule has 17 heavy (non-hydrogen) atoms. The fourth-order valence-corrected chi connectivity index (χ4v) is 1.50. The highest BCUT2D eigenvalue weighted by Gasteiger charge is 2.04. The Labute approximate surface area is 110 Å². The van der Waals surface area contributed by atoms with Gasteiger partial charge in [-0.15, -0.1) is 0 Å². The quantitative estimate of drug-likeness (QED) is 0.582. The van der Waals surface area contributed by atoms with Crippen LogP contribution in [0.3, 0.4) is 0 Å². The van der Waals surface area contributed by atoms with E-state index in [1.54, 1.807) is 0 Å². The predicted octanol–water partition coefficient (Wildman–Crippen LogP) is 4.78. The van der Waals surface area contributed by atoms with E-state index >= 15 is 0 Å². The van der Waals surface area contributed by atoms with Gasteiger partial charge in [-0.2, -0.15) is 0 Å². The van der Waals surface area contributed by atoms with Gasteiger partial charge in [-0.3, -0.25) is 4.79 Å². The molecule has 0 aromatic heterocycles. The van der Waals surface area contributed by atoms with Crippen LogP contribution < -0.4 is 5.32 Å². The second kappa shape index (κ2) is 15.5. The first kappa shape index (κ1) is 18.8. The van der Waals surface area contributed by atoms with Crippen molar-refractivity contribution in [2.45, 2.75) is 79.6 Å². The molecule has 0 saturated heterocycles. The summed E-state index contributed by atoms with van der Waals surface area (Å²) in [6, 6.07) is 0.